The summed E-state index contributed by atoms with van der Waals surface area (Å²) in [6, 6.07) is 20.1. The van der Waals surface area contributed by atoms with Crippen molar-refractivity contribution in [3.05, 3.63) is 88.6 Å². The molecule has 3 aromatic carbocycles. The van der Waals surface area contributed by atoms with Gasteiger partial charge in [0.05, 0.1) is 10.0 Å². The van der Waals surface area contributed by atoms with Crippen LogP contribution in [0.1, 0.15) is 10.4 Å². The molecular formula is C19H12BrFO3. The molecule has 0 aliphatic carbocycles. The zero-order chi connectivity index (χ0) is 16.9. The molecule has 0 N–H and O–H groups in total. The quantitative estimate of drug-likeness (QED) is 0.432. The second-order valence-corrected chi connectivity index (χ2v) is 5.71. The fourth-order valence-corrected chi connectivity index (χ4v) is 2.34. The minimum Gasteiger partial charge on any atom is -0.450 e. The zero-order valence-corrected chi connectivity index (χ0v) is 14.0. The Hall–Kier alpha value is -2.66. The van der Waals surface area contributed by atoms with Crippen molar-refractivity contribution < 1.29 is 18.7 Å². The molecule has 0 spiro atoms. The van der Waals surface area contributed by atoms with Crippen LogP contribution in [0.25, 0.3) is 0 Å². The van der Waals surface area contributed by atoms with E-state index in [0.717, 1.165) is 0 Å². The lowest BCUT2D eigenvalue weighted by atomic mass is 10.2. The molecule has 0 aliphatic rings. The Kier molecular flexibility index (Phi) is 4.91. The molecule has 0 saturated heterocycles. The summed E-state index contributed by atoms with van der Waals surface area (Å²) in [6.07, 6.45) is 0. The number of ether oxygens (including phenoxy) is 2. The predicted octanol–water partition coefficient (Wildman–Crippen LogP) is 5.60. The molecule has 0 amide bonds. The van der Waals surface area contributed by atoms with E-state index in [1.807, 2.05) is 6.07 Å². The summed E-state index contributed by atoms with van der Waals surface area (Å²) < 4.78 is 25.5. The van der Waals surface area contributed by atoms with Crippen LogP contribution in [0.2, 0.25) is 0 Å². The van der Waals surface area contributed by atoms with Crippen molar-refractivity contribution in [1.29, 1.82) is 0 Å². The Balaban J connectivity index is 1.93. The van der Waals surface area contributed by atoms with Crippen molar-refractivity contribution in [2.45, 2.75) is 0 Å². The predicted molar refractivity (Wildman–Crippen MR) is 92.0 cm³/mol. The van der Waals surface area contributed by atoms with Crippen LogP contribution >= 0.6 is 15.9 Å². The number of benzene rings is 3. The average molecular weight is 387 g/mol. The fraction of sp³-hybridized carbons (Fsp3) is 0. The van der Waals surface area contributed by atoms with Gasteiger partial charge in [0.2, 0.25) is 5.75 Å². The van der Waals surface area contributed by atoms with Gasteiger partial charge in [0.15, 0.2) is 11.6 Å². The van der Waals surface area contributed by atoms with Gasteiger partial charge in [-0.05, 0) is 52.3 Å². The highest BCUT2D eigenvalue weighted by molar-refractivity contribution is 9.10. The van der Waals surface area contributed by atoms with Crippen LogP contribution in [0.5, 0.6) is 17.2 Å². The maximum absolute atomic E-state index is 14.4. The molecule has 24 heavy (non-hydrogen) atoms. The first-order valence-corrected chi connectivity index (χ1v) is 7.92. The van der Waals surface area contributed by atoms with Crippen LogP contribution in [0.3, 0.4) is 0 Å². The highest BCUT2D eigenvalue weighted by Crippen LogP contribution is 2.38. The smallest absolute Gasteiger partial charge is 0.343 e. The van der Waals surface area contributed by atoms with E-state index >= 15 is 0 Å². The Morgan fingerprint density at radius 2 is 1.50 bits per heavy atom. The van der Waals surface area contributed by atoms with Crippen LogP contribution < -0.4 is 9.47 Å². The van der Waals surface area contributed by atoms with E-state index in [2.05, 4.69) is 15.9 Å². The van der Waals surface area contributed by atoms with Crippen molar-refractivity contribution >= 4 is 21.9 Å². The lowest BCUT2D eigenvalue weighted by molar-refractivity contribution is 0.0729. The maximum Gasteiger partial charge on any atom is 0.343 e. The van der Waals surface area contributed by atoms with Gasteiger partial charge in [-0.25, -0.2) is 9.18 Å². The van der Waals surface area contributed by atoms with Gasteiger partial charge in [-0.1, -0.05) is 36.4 Å². The molecule has 0 radical (unpaired) electrons. The zero-order valence-electron chi connectivity index (χ0n) is 12.4. The standard InChI is InChI=1S/C19H12BrFO3/c20-15-11-12-16(24-19(22)13-7-3-1-4-8-13)18(17(15)21)23-14-9-5-2-6-10-14/h1-12H. The lowest BCUT2D eigenvalue weighted by Crippen LogP contribution is -2.09. The third-order valence-corrected chi connectivity index (χ3v) is 3.80. The SMILES string of the molecule is O=C(Oc1ccc(Br)c(F)c1Oc1ccccc1)c1ccccc1. The Morgan fingerprint density at radius 3 is 2.17 bits per heavy atom. The van der Waals surface area contributed by atoms with E-state index in [-0.39, 0.29) is 16.0 Å². The number of para-hydroxylation sites is 1. The highest BCUT2D eigenvalue weighted by Gasteiger charge is 2.19. The number of hydrogen-bond donors (Lipinski definition) is 0. The molecule has 0 fully saturated rings. The van der Waals surface area contributed by atoms with E-state index < -0.39 is 11.8 Å². The summed E-state index contributed by atoms with van der Waals surface area (Å²) in [6.45, 7) is 0. The van der Waals surface area contributed by atoms with Crippen LogP contribution in [-0.2, 0) is 0 Å². The number of hydrogen-bond acceptors (Lipinski definition) is 3. The highest BCUT2D eigenvalue weighted by atomic mass is 79.9. The molecule has 0 bridgehead atoms. The first kappa shape index (κ1) is 16.2. The summed E-state index contributed by atoms with van der Waals surface area (Å²) in [4.78, 5) is 12.2. The van der Waals surface area contributed by atoms with E-state index in [9.17, 15) is 9.18 Å². The fourth-order valence-electron chi connectivity index (χ4n) is 2.03. The van der Waals surface area contributed by atoms with Crippen molar-refractivity contribution in [3.8, 4) is 17.2 Å². The van der Waals surface area contributed by atoms with Gasteiger partial charge in [-0.2, -0.15) is 0 Å². The first-order chi connectivity index (χ1) is 11.6. The molecule has 3 aromatic rings. The van der Waals surface area contributed by atoms with Crippen LogP contribution in [-0.4, -0.2) is 5.97 Å². The van der Waals surface area contributed by atoms with E-state index in [0.29, 0.717) is 11.3 Å². The summed E-state index contributed by atoms with van der Waals surface area (Å²) >= 11 is 3.11. The number of halogens is 2. The van der Waals surface area contributed by atoms with Crippen molar-refractivity contribution in [3.63, 3.8) is 0 Å². The summed E-state index contributed by atoms with van der Waals surface area (Å²) in [5.41, 5.74) is 0.367. The third-order valence-electron chi connectivity index (χ3n) is 3.19. The van der Waals surface area contributed by atoms with Crippen LogP contribution in [0, 0.1) is 5.82 Å². The van der Waals surface area contributed by atoms with Gasteiger partial charge in [0.25, 0.3) is 0 Å². The van der Waals surface area contributed by atoms with E-state index in [1.54, 1.807) is 54.6 Å². The van der Waals surface area contributed by atoms with Crippen LogP contribution in [0.15, 0.2) is 77.3 Å². The summed E-state index contributed by atoms with van der Waals surface area (Å²) in [5, 5.41) is 0. The minimum absolute atomic E-state index is 0.00778. The topological polar surface area (TPSA) is 35.5 Å². The molecule has 120 valence electrons. The molecular weight excluding hydrogens is 375 g/mol. The van der Waals surface area contributed by atoms with E-state index in [4.69, 9.17) is 9.47 Å². The Morgan fingerprint density at radius 1 is 0.875 bits per heavy atom. The normalized spacial score (nSPS) is 10.2. The molecule has 0 aromatic heterocycles. The first-order valence-electron chi connectivity index (χ1n) is 7.13. The number of rotatable bonds is 4. The molecule has 0 heterocycles. The molecule has 3 nitrogen and oxygen atoms in total. The number of carbonyl (C=O) groups excluding carboxylic acids is 1. The number of carbonyl (C=O) groups is 1. The second-order valence-electron chi connectivity index (χ2n) is 4.86. The van der Waals surface area contributed by atoms with Gasteiger partial charge in [0.1, 0.15) is 5.75 Å². The van der Waals surface area contributed by atoms with Gasteiger partial charge < -0.3 is 9.47 Å². The summed E-state index contributed by atoms with van der Waals surface area (Å²) in [5.74, 6) is -0.938. The molecule has 0 atom stereocenters. The average Bonchev–Trinajstić information content (AvgIpc) is 2.63. The Bertz CT molecular complexity index is 851. The largest absolute Gasteiger partial charge is 0.450 e. The second kappa shape index (κ2) is 7.27. The van der Waals surface area contributed by atoms with Gasteiger partial charge in [0, 0.05) is 0 Å². The van der Waals surface area contributed by atoms with Crippen molar-refractivity contribution in [1.82, 2.24) is 0 Å². The summed E-state index contributed by atoms with van der Waals surface area (Å²) in [7, 11) is 0. The minimum atomic E-state index is -0.641. The maximum atomic E-state index is 14.4. The third kappa shape index (κ3) is 3.63. The molecule has 3 rings (SSSR count). The molecule has 0 aliphatic heterocycles. The van der Waals surface area contributed by atoms with Crippen molar-refractivity contribution in [2.75, 3.05) is 0 Å². The van der Waals surface area contributed by atoms with Gasteiger partial charge in [-0.15, -0.1) is 0 Å². The Labute approximate surface area is 146 Å². The van der Waals surface area contributed by atoms with Crippen LogP contribution in [0.4, 0.5) is 4.39 Å². The van der Waals surface area contributed by atoms with Gasteiger partial charge >= 0.3 is 5.97 Å². The number of esters is 1. The van der Waals surface area contributed by atoms with Gasteiger partial charge in [-0.3, -0.25) is 0 Å². The lowest BCUT2D eigenvalue weighted by Gasteiger charge is -2.13. The molecule has 0 unspecified atom stereocenters. The van der Waals surface area contributed by atoms with E-state index in [1.165, 1.54) is 12.1 Å². The van der Waals surface area contributed by atoms with Crippen molar-refractivity contribution in [2.24, 2.45) is 0 Å². The molecule has 5 heteroatoms. The monoisotopic (exact) mass is 386 g/mol. The molecule has 0 saturated carbocycles.